The average molecular weight is 319 g/mol. The third kappa shape index (κ3) is 3.80. The largest absolute Gasteiger partial charge is 0.465 e. The van der Waals surface area contributed by atoms with Gasteiger partial charge in [-0.3, -0.25) is 4.79 Å². The Hall–Kier alpha value is -1.46. The van der Waals surface area contributed by atoms with E-state index in [1.165, 1.54) is 4.88 Å². The molecule has 1 aliphatic rings. The lowest BCUT2D eigenvalue weighted by Gasteiger charge is -2.18. The number of thiophene rings is 1. The molecule has 1 atom stereocenters. The Morgan fingerprint density at radius 1 is 1.33 bits per heavy atom. The summed E-state index contributed by atoms with van der Waals surface area (Å²) in [5, 5.41) is 2.65. The van der Waals surface area contributed by atoms with Crippen molar-refractivity contribution in [1.82, 2.24) is 4.90 Å². The van der Waals surface area contributed by atoms with Crippen molar-refractivity contribution in [2.24, 2.45) is 0 Å². The van der Waals surface area contributed by atoms with E-state index in [2.05, 4.69) is 17.5 Å². The fraction of sp³-hybridized carbons (Fsp3) is 0.312. The van der Waals surface area contributed by atoms with Gasteiger partial charge in [0.05, 0.1) is 6.26 Å². The zero-order valence-corrected chi connectivity index (χ0v) is 13.2. The number of carbonyl (C=O) groups is 1. The first-order chi connectivity index (χ1) is 10.3. The van der Waals surface area contributed by atoms with E-state index in [4.69, 9.17) is 4.42 Å². The molecule has 3 rings (SSSR count). The van der Waals surface area contributed by atoms with Gasteiger partial charge in [-0.15, -0.1) is 11.3 Å². The number of nitrogens with zero attached hydrogens (tertiary/aromatic N) is 1. The van der Waals surface area contributed by atoms with Gasteiger partial charge in [0.15, 0.2) is 0 Å². The molecule has 1 saturated heterocycles. The number of hydrogen-bond acceptors (Lipinski definition) is 4. The van der Waals surface area contributed by atoms with E-state index < -0.39 is 0 Å². The Kier molecular flexibility index (Phi) is 4.83. The van der Waals surface area contributed by atoms with Gasteiger partial charge in [-0.1, -0.05) is 6.07 Å². The maximum Gasteiger partial charge on any atom is 0.246 e. The highest BCUT2D eigenvalue weighted by Gasteiger charge is 2.21. The molecule has 5 heteroatoms. The zero-order chi connectivity index (χ0) is 14.5. The van der Waals surface area contributed by atoms with Crippen molar-refractivity contribution in [2.75, 3.05) is 18.8 Å². The van der Waals surface area contributed by atoms with Gasteiger partial charge in [0.1, 0.15) is 5.76 Å². The smallest absolute Gasteiger partial charge is 0.246 e. The third-order valence-electron chi connectivity index (χ3n) is 3.45. The molecule has 1 aliphatic heterocycles. The molecular formula is C16H17NO2S2. The van der Waals surface area contributed by atoms with Crippen LogP contribution >= 0.6 is 23.1 Å². The van der Waals surface area contributed by atoms with Crippen molar-refractivity contribution in [3.05, 3.63) is 52.6 Å². The van der Waals surface area contributed by atoms with Gasteiger partial charge in [0.25, 0.3) is 0 Å². The lowest BCUT2D eigenvalue weighted by molar-refractivity contribution is -0.125. The number of rotatable bonds is 3. The highest BCUT2D eigenvalue weighted by molar-refractivity contribution is 7.99. The molecule has 0 spiro atoms. The molecule has 1 unspecified atom stereocenters. The molecule has 3 nitrogen and oxygen atoms in total. The van der Waals surface area contributed by atoms with Crippen LogP contribution < -0.4 is 0 Å². The molecule has 2 aromatic heterocycles. The Morgan fingerprint density at radius 2 is 2.29 bits per heavy atom. The second kappa shape index (κ2) is 7.00. The van der Waals surface area contributed by atoms with E-state index >= 15 is 0 Å². The van der Waals surface area contributed by atoms with Crippen LogP contribution in [0.4, 0.5) is 0 Å². The summed E-state index contributed by atoms with van der Waals surface area (Å²) in [6.45, 7) is 1.63. The Labute approximate surface area is 132 Å². The van der Waals surface area contributed by atoms with Crippen molar-refractivity contribution in [3.8, 4) is 0 Å². The van der Waals surface area contributed by atoms with Crippen LogP contribution in [0.25, 0.3) is 6.08 Å². The molecule has 0 N–H and O–H groups in total. The summed E-state index contributed by atoms with van der Waals surface area (Å²) in [6, 6.07) is 7.95. The minimum absolute atomic E-state index is 0.0684. The molecule has 0 bridgehead atoms. The topological polar surface area (TPSA) is 33.5 Å². The van der Waals surface area contributed by atoms with Gasteiger partial charge in [-0.05, 0) is 36.1 Å². The first-order valence-electron chi connectivity index (χ1n) is 6.98. The monoisotopic (exact) mass is 319 g/mol. The van der Waals surface area contributed by atoms with Crippen molar-refractivity contribution < 1.29 is 9.21 Å². The molecule has 21 heavy (non-hydrogen) atoms. The number of furan rings is 1. The number of hydrogen-bond donors (Lipinski definition) is 0. The van der Waals surface area contributed by atoms with Crippen LogP contribution in [0.5, 0.6) is 0 Å². The molecule has 0 saturated carbocycles. The van der Waals surface area contributed by atoms with E-state index in [1.807, 2.05) is 28.8 Å². The summed E-state index contributed by atoms with van der Waals surface area (Å²) >= 11 is 3.76. The summed E-state index contributed by atoms with van der Waals surface area (Å²) in [7, 11) is 0. The lowest BCUT2D eigenvalue weighted by Crippen LogP contribution is -2.31. The maximum absolute atomic E-state index is 12.2. The zero-order valence-electron chi connectivity index (χ0n) is 11.6. The number of thioether (sulfide) groups is 1. The van der Waals surface area contributed by atoms with Gasteiger partial charge >= 0.3 is 0 Å². The lowest BCUT2D eigenvalue weighted by atomic mass is 10.2. The highest BCUT2D eigenvalue weighted by Crippen LogP contribution is 2.36. The van der Waals surface area contributed by atoms with E-state index in [1.54, 1.807) is 29.8 Å². The van der Waals surface area contributed by atoms with Crippen molar-refractivity contribution >= 4 is 35.1 Å². The van der Waals surface area contributed by atoms with Crippen LogP contribution in [0.1, 0.15) is 22.3 Å². The molecule has 1 fully saturated rings. The number of carbonyl (C=O) groups excluding carboxylic acids is 1. The van der Waals surface area contributed by atoms with Gasteiger partial charge < -0.3 is 9.32 Å². The molecule has 0 aromatic carbocycles. The van der Waals surface area contributed by atoms with Crippen molar-refractivity contribution in [3.63, 3.8) is 0 Å². The Morgan fingerprint density at radius 3 is 3.05 bits per heavy atom. The molecule has 3 heterocycles. The van der Waals surface area contributed by atoms with Gasteiger partial charge in [0.2, 0.25) is 5.91 Å². The third-order valence-corrected chi connectivity index (χ3v) is 5.89. The summed E-state index contributed by atoms with van der Waals surface area (Å²) in [5.41, 5.74) is 0. The van der Waals surface area contributed by atoms with Crippen LogP contribution in [-0.4, -0.2) is 29.6 Å². The predicted octanol–water partition coefficient (Wildman–Crippen LogP) is 4.06. The predicted molar refractivity (Wildman–Crippen MR) is 88.5 cm³/mol. The van der Waals surface area contributed by atoms with Gasteiger partial charge in [-0.25, -0.2) is 0 Å². The van der Waals surface area contributed by atoms with Crippen molar-refractivity contribution in [2.45, 2.75) is 11.7 Å². The minimum Gasteiger partial charge on any atom is -0.465 e. The minimum atomic E-state index is 0.0684. The summed E-state index contributed by atoms with van der Waals surface area (Å²) in [4.78, 5) is 15.6. The first-order valence-corrected chi connectivity index (χ1v) is 8.91. The SMILES string of the molecule is O=C(C=Cc1ccco1)N1CCSC(c2cccs2)CC1. The van der Waals surface area contributed by atoms with Gasteiger partial charge in [0, 0.05) is 35.0 Å². The maximum atomic E-state index is 12.2. The number of amides is 1. The second-order valence-corrected chi connectivity index (χ2v) is 7.13. The van der Waals surface area contributed by atoms with Crippen molar-refractivity contribution in [1.29, 1.82) is 0 Å². The average Bonchev–Trinajstić information content (AvgIpc) is 3.15. The molecule has 2 aromatic rings. The summed E-state index contributed by atoms with van der Waals surface area (Å²) in [5.74, 6) is 1.77. The van der Waals surface area contributed by atoms with E-state index in [-0.39, 0.29) is 5.91 Å². The standard InChI is InChI=1S/C16H17NO2S2/c18-16(6-5-13-3-1-10-19-13)17-8-7-15(21-12-9-17)14-4-2-11-20-14/h1-6,10-11,15H,7-9,12H2. The molecule has 0 aliphatic carbocycles. The van der Waals surface area contributed by atoms with Crippen LogP contribution in [0.15, 0.2) is 46.4 Å². The summed E-state index contributed by atoms with van der Waals surface area (Å²) in [6.07, 6.45) is 5.97. The first kappa shape index (κ1) is 14.5. The van der Waals surface area contributed by atoms with Crippen LogP contribution in [0.3, 0.4) is 0 Å². The van der Waals surface area contributed by atoms with Crippen LogP contribution in [0, 0.1) is 0 Å². The Bertz CT molecular complexity index is 590. The van der Waals surface area contributed by atoms with E-state index in [0.29, 0.717) is 11.0 Å². The normalized spacial score (nSPS) is 19.8. The molecule has 1 amide bonds. The fourth-order valence-corrected chi connectivity index (χ4v) is 4.57. The quantitative estimate of drug-likeness (QED) is 0.800. The van der Waals surface area contributed by atoms with Crippen LogP contribution in [0.2, 0.25) is 0 Å². The van der Waals surface area contributed by atoms with E-state index in [0.717, 1.165) is 25.3 Å². The van der Waals surface area contributed by atoms with Gasteiger partial charge in [-0.2, -0.15) is 11.8 Å². The second-order valence-electron chi connectivity index (χ2n) is 4.84. The summed E-state index contributed by atoms with van der Waals surface area (Å²) < 4.78 is 5.20. The Balaban J connectivity index is 1.58. The fourth-order valence-electron chi connectivity index (χ4n) is 2.34. The van der Waals surface area contributed by atoms with E-state index in [9.17, 15) is 4.79 Å². The highest BCUT2D eigenvalue weighted by atomic mass is 32.2. The molecule has 0 radical (unpaired) electrons. The molecule has 110 valence electrons. The van der Waals surface area contributed by atoms with Crippen LogP contribution in [-0.2, 0) is 4.79 Å². The molecular weight excluding hydrogens is 302 g/mol.